The smallest absolute Gasteiger partial charge is 0.00132 e. The number of hydrogen-bond acceptors (Lipinski definition) is 0. The van der Waals surface area contributed by atoms with Gasteiger partial charge >= 0.3 is 0 Å². The molecule has 0 saturated heterocycles. The van der Waals surface area contributed by atoms with E-state index in [1.165, 1.54) is 66.8 Å². The number of rotatable bonds is 0. The minimum Gasteiger partial charge on any atom is -0.0619 e. The molecule has 0 radical (unpaired) electrons. The number of fused-ring (bicyclic) bond motifs is 11. The first-order valence-electron chi connectivity index (χ1n) is 10.9. The Morgan fingerprint density at radius 1 is 0.290 bits per heavy atom. The van der Waals surface area contributed by atoms with E-state index in [9.17, 15) is 0 Å². The van der Waals surface area contributed by atoms with Gasteiger partial charge in [-0.25, -0.2) is 0 Å². The Balaban J connectivity index is 1.64. The van der Waals surface area contributed by atoms with E-state index in [4.69, 9.17) is 0 Å². The third-order valence-electron chi connectivity index (χ3n) is 6.87. The molecule has 2 aliphatic rings. The molecule has 31 heavy (non-hydrogen) atoms. The van der Waals surface area contributed by atoms with Crippen LogP contribution in [0.5, 0.6) is 0 Å². The van der Waals surface area contributed by atoms with Gasteiger partial charge in [0.15, 0.2) is 0 Å². The maximum Gasteiger partial charge on any atom is -0.00132 e. The average molecular weight is 393 g/mol. The molecular formula is C31H20. The molecule has 0 heteroatoms. The molecule has 2 aliphatic carbocycles. The van der Waals surface area contributed by atoms with Crippen LogP contribution in [0.3, 0.4) is 0 Å². The highest BCUT2D eigenvalue weighted by molar-refractivity contribution is 6.04. The van der Waals surface area contributed by atoms with Gasteiger partial charge in [0.25, 0.3) is 0 Å². The summed E-state index contributed by atoms with van der Waals surface area (Å²) in [5, 5.41) is 0. The van der Waals surface area contributed by atoms with Gasteiger partial charge in [-0.3, -0.25) is 0 Å². The first-order chi connectivity index (χ1) is 15.4. The van der Waals surface area contributed by atoms with Gasteiger partial charge in [0, 0.05) is 0 Å². The quantitative estimate of drug-likeness (QED) is 0.244. The number of hydrogen-bond donors (Lipinski definition) is 0. The fraction of sp³-hybridized carbons (Fsp3) is 0.0323. The molecule has 0 amide bonds. The van der Waals surface area contributed by atoms with Crippen molar-refractivity contribution in [2.24, 2.45) is 0 Å². The summed E-state index contributed by atoms with van der Waals surface area (Å²) in [6.45, 7) is 0. The van der Waals surface area contributed by atoms with Gasteiger partial charge in [-0.05, 0) is 85.3 Å². The largest absolute Gasteiger partial charge is 0.0619 e. The van der Waals surface area contributed by atoms with E-state index < -0.39 is 0 Å². The van der Waals surface area contributed by atoms with E-state index in [1.807, 2.05) is 0 Å². The lowest BCUT2D eigenvalue weighted by Crippen LogP contribution is -1.98. The standard InChI is InChI=1S/C31H20/c1-2-10-22-20(9-1)17-21-18-30-27-15-7-5-13-25(27)23-11-3-4-12-24(23)26-14-6-8-16-28(26)31(30)19-29(21)22/h1-16,18-19H,17H2. The second-order valence-electron chi connectivity index (χ2n) is 8.53. The highest BCUT2D eigenvalue weighted by Crippen LogP contribution is 2.50. The molecule has 5 aromatic rings. The summed E-state index contributed by atoms with van der Waals surface area (Å²) in [7, 11) is 0. The van der Waals surface area contributed by atoms with Crippen LogP contribution in [0, 0.1) is 0 Å². The maximum absolute atomic E-state index is 2.45. The van der Waals surface area contributed by atoms with Crippen molar-refractivity contribution in [1.29, 1.82) is 0 Å². The van der Waals surface area contributed by atoms with Gasteiger partial charge in [0.1, 0.15) is 0 Å². The van der Waals surface area contributed by atoms with E-state index in [2.05, 4.69) is 109 Å². The molecule has 0 N–H and O–H groups in total. The molecule has 0 aliphatic heterocycles. The van der Waals surface area contributed by atoms with E-state index in [-0.39, 0.29) is 0 Å². The summed E-state index contributed by atoms with van der Waals surface area (Å²) in [6, 6.07) is 40.3. The molecular weight excluding hydrogens is 372 g/mol. The van der Waals surface area contributed by atoms with E-state index in [0.717, 1.165) is 6.42 Å². The zero-order valence-electron chi connectivity index (χ0n) is 17.1. The van der Waals surface area contributed by atoms with E-state index in [1.54, 1.807) is 0 Å². The van der Waals surface area contributed by atoms with Gasteiger partial charge in [-0.2, -0.15) is 0 Å². The van der Waals surface area contributed by atoms with Gasteiger partial charge in [-0.15, -0.1) is 0 Å². The van der Waals surface area contributed by atoms with Crippen LogP contribution in [-0.2, 0) is 6.42 Å². The molecule has 0 bridgehead atoms. The van der Waals surface area contributed by atoms with Gasteiger partial charge in [0.2, 0.25) is 0 Å². The first-order valence-corrected chi connectivity index (χ1v) is 10.9. The van der Waals surface area contributed by atoms with Crippen molar-refractivity contribution >= 4 is 0 Å². The first kappa shape index (κ1) is 16.8. The fourth-order valence-corrected chi connectivity index (χ4v) is 5.49. The summed E-state index contributed by atoms with van der Waals surface area (Å²) < 4.78 is 0. The van der Waals surface area contributed by atoms with Crippen molar-refractivity contribution in [1.82, 2.24) is 0 Å². The fourth-order valence-electron chi connectivity index (χ4n) is 5.49. The Bertz CT molecular complexity index is 1500. The summed E-state index contributed by atoms with van der Waals surface area (Å²) in [5.74, 6) is 0. The Labute approximate surface area is 182 Å². The van der Waals surface area contributed by atoms with Crippen molar-refractivity contribution in [2.45, 2.75) is 6.42 Å². The molecule has 5 aromatic carbocycles. The van der Waals surface area contributed by atoms with Gasteiger partial charge in [0.05, 0.1) is 0 Å². The van der Waals surface area contributed by atoms with Crippen molar-refractivity contribution in [2.75, 3.05) is 0 Å². The van der Waals surface area contributed by atoms with Crippen LogP contribution in [0.1, 0.15) is 11.1 Å². The average Bonchev–Trinajstić information content (AvgIpc) is 3.20. The van der Waals surface area contributed by atoms with E-state index in [0.29, 0.717) is 0 Å². The van der Waals surface area contributed by atoms with Crippen LogP contribution in [0.4, 0.5) is 0 Å². The van der Waals surface area contributed by atoms with Crippen LogP contribution in [-0.4, -0.2) is 0 Å². The Morgan fingerprint density at radius 3 is 1.19 bits per heavy atom. The second kappa shape index (κ2) is 6.30. The van der Waals surface area contributed by atoms with E-state index >= 15 is 0 Å². The molecule has 0 aromatic heterocycles. The number of benzene rings is 5. The molecule has 0 heterocycles. The molecule has 0 unspecified atom stereocenters. The summed E-state index contributed by atoms with van der Waals surface area (Å²) in [4.78, 5) is 0. The molecule has 0 fully saturated rings. The monoisotopic (exact) mass is 392 g/mol. The summed E-state index contributed by atoms with van der Waals surface area (Å²) in [6.07, 6.45) is 1.01. The van der Waals surface area contributed by atoms with Crippen LogP contribution in [0.15, 0.2) is 109 Å². The minimum atomic E-state index is 1.01. The van der Waals surface area contributed by atoms with Crippen molar-refractivity contribution in [3.63, 3.8) is 0 Å². The Hall–Kier alpha value is -3.90. The predicted octanol–water partition coefficient (Wildman–Crippen LogP) is 8.24. The molecule has 7 rings (SSSR count). The lowest BCUT2D eigenvalue weighted by molar-refractivity contribution is 1.26. The van der Waals surface area contributed by atoms with Crippen LogP contribution < -0.4 is 0 Å². The molecule has 0 nitrogen and oxygen atoms in total. The lowest BCUT2D eigenvalue weighted by atomic mass is 9.80. The third kappa shape index (κ3) is 2.36. The normalized spacial score (nSPS) is 12.4. The molecule has 0 saturated carbocycles. The van der Waals surface area contributed by atoms with Crippen molar-refractivity contribution in [3.05, 3.63) is 120 Å². The zero-order chi connectivity index (χ0) is 20.4. The highest BCUT2D eigenvalue weighted by Gasteiger charge is 2.25. The van der Waals surface area contributed by atoms with Gasteiger partial charge < -0.3 is 0 Å². The maximum atomic E-state index is 2.45. The summed E-state index contributed by atoms with van der Waals surface area (Å²) >= 11 is 0. The SMILES string of the molecule is c1ccc2c(c1)Cc1cc3c(cc1-2)-c1ccccc1-c1ccccc1-c1ccccc1-3. The summed E-state index contributed by atoms with van der Waals surface area (Å²) in [5.41, 5.74) is 16.1. The minimum absolute atomic E-state index is 1.01. The lowest BCUT2D eigenvalue weighted by Gasteiger charge is -2.24. The zero-order valence-corrected chi connectivity index (χ0v) is 17.1. The van der Waals surface area contributed by atoms with Crippen LogP contribution >= 0.6 is 0 Å². The van der Waals surface area contributed by atoms with Crippen LogP contribution in [0.2, 0.25) is 0 Å². The Kier molecular flexibility index (Phi) is 3.42. The predicted molar refractivity (Wildman–Crippen MR) is 130 cm³/mol. The third-order valence-corrected chi connectivity index (χ3v) is 6.87. The second-order valence-corrected chi connectivity index (χ2v) is 8.53. The topological polar surface area (TPSA) is 0 Å². The molecule has 0 spiro atoms. The van der Waals surface area contributed by atoms with Crippen molar-refractivity contribution in [3.8, 4) is 55.6 Å². The Morgan fingerprint density at radius 2 is 0.677 bits per heavy atom. The molecule has 144 valence electrons. The highest BCUT2D eigenvalue weighted by atomic mass is 14.3. The van der Waals surface area contributed by atoms with Gasteiger partial charge in [-0.1, -0.05) is 97.1 Å². The van der Waals surface area contributed by atoms with Crippen LogP contribution in [0.25, 0.3) is 55.6 Å². The molecule has 0 atom stereocenters. The van der Waals surface area contributed by atoms with Crippen molar-refractivity contribution < 1.29 is 0 Å².